The molecule has 0 bridgehead atoms. The molecule has 0 atom stereocenters. The van der Waals surface area contributed by atoms with Crippen LogP contribution in [0.2, 0.25) is 10.0 Å². The molecule has 0 aliphatic rings. The van der Waals surface area contributed by atoms with E-state index in [1.54, 1.807) is 30.3 Å². The first kappa shape index (κ1) is 20.2. The number of anilines is 1. The van der Waals surface area contributed by atoms with Crippen LogP contribution >= 0.6 is 23.2 Å². The topological polar surface area (TPSA) is 42.0 Å². The lowest BCUT2D eigenvalue weighted by atomic mass is 9.99. The molecule has 0 saturated carbocycles. The van der Waals surface area contributed by atoms with Crippen molar-refractivity contribution in [1.29, 1.82) is 0 Å². The molecule has 3 nitrogen and oxygen atoms in total. The Kier molecular flexibility index (Phi) is 5.91. The van der Waals surface area contributed by atoms with Gasteiger partial charge in [-0.05, 0) is 23.8 Å². The summed E-state index contributed by atoms with van der Waals surface area (Å²) in [5, 5.41) is 3.67. The summed E-state index contributed by atoms with van der Waals surface area (Å²) in [7, 11) is 0. The van der Waals surface area contributed by atoms with Crippen LogP contribution in [0.25, 0.3) is 0 Å². The smallest absolute Gasteiger partial charge is 0.380 e. The van der Waals surface area contributed by atoms with E-state index in [4.69, 9.17) is 23.2 Å². The summed E-state index contributed by atoms with van der Waals surface area (Å²) in [4.78, 5) is 16.2. The molecular weight excluding hydrogens is 412 g/mol. The van der Waals surface area contributed by atoms with Gasteiger partial charge in [0.1, 0.15) is 0 Å². The van der Waals surface area contributed by atoms with Crippen molar-refractivity contribution in [2.24, 2.45) is 0 Å². The first-order valence-corrected chi connectivity index (χ1v) is 8.86. The standard InChI is InChI=1S/C20H13Cl2F3N2O/c21-14-7-6-13(15(22)10-14)11-27-16-8-9-26-19(20(23,24)25)17(16)18(28)12-4-2-1-3-5-12/h1-10H,11H2,(H,26,27). The second kappa shape index (κ2) is 8.20. The molecule has 0 amide bonds. The number of alkyl halides is 3. The van der Waals surface area contributed by atoms with Crippen molar-refractivity contribution in [3.05, 3.63) is 93.2 Å². The Morgan fingerprint density at radius 3 is 2.39 bits per heavy atom. The van der Waals surface area contributed by atoms with E-state index in [0.717, 1.165) is 6.20 Å². The molecule has 0 aliphatic heterocycles. The number of pyridine rings is 1. The molecule has 1 N–H and O–H groups in total. The highest BCUT2D eigenvalue weighted by Crippen LogP contribution is 2.35. The van der Waals surface area contributed by atoms with Gasteiger partial charge in [0, 0.05) is 34.0 Å². The van der Waals surface area contributed by atoms with Gasteiger partial charge < -0.3 is 5.32 Å². The molecule has 28 heavy (non-hydrogen) atoms. The lowest BCUT2D eigenvalue weighted by molar-refractivity contribution is -0.141. The number of aromatic nitrogens is 1. The molecule has 0 aliphatic carbocycles. The fourth-order valence-electron chi connectivity index (χ4n) is 2.64. The zero-order valence-electron chi connectivity index (χ0n) is 14.2. The van der Waals surface area contributed by atoms with Gasteiger partial charge >= 0.3 is 6.18 Å². The first-order valence-electron chi connectivity index (χ1n) is 8.11. The van der Waals surface area contributed by atoms with Gasteiger partial charge in [0.05, 0.1) is 5.56 Å². The van der Waals surface area contributed by atoms with Crippen molar-refractivity contribution in [1.82, 2.24) is 4.98 Å². The highest BCUT2D eigenvalue weighted by Gasteiger charge is 2.38. The predicted molar refractivity (Wildman–Crippen MR) is 103 cm³/mol. The van der Waals surface area contributed by atoms with Gasteiger partial charge in [0.2, 0.25) is 0 Å². The fourth-order valence-corrected chi connectivity index (χ4v) is 3.12. The molecule has 0 radical (unpaired) electrons. The number of carbonyl (C=O) groups excluding carboxylic acids is 1. The van der Waals surface area contributed by atoms with Crippen molar-refractivity contribution in [3.63, 3.8) is 0 Å². The van der Waals surface area contributed by atoms with E-state index in [1.807, 2.05) is 0 Å². The Hall–Kier alpha value is -2.57. The minimum atomic E-state index is -4.78. The zero-order valence-corrected chi connectivity index (χ0v) is 15.7. The second-order valence-corrected chi connectivity index (χ2v) is 6.71. The van der Waals surface area contributed by atoms with E-state index < -0.39 is 23.2 Å². The maximum atomic E-state index is 13.5. The lowest BCUT2D eigenvalue weighted by Gasteiger charge is -2.17. The van der Waals surface area contributed by atoms with Gasteiger partial charge in [-0.1, -0.05) is 59.6 Å². The third-order valence-electron chi connectivity index (χ3n) is 3.97. The highest BCUT2D eigenvalue weighted by molar-refractivity contribution is 6.35. The summed E-state index contributed by atoms with van der Waals surface area (Å²) in [6.45, 7) is 0.104. The SMILES string of the molecule is O=C(c1ccccc1)c1c(NCc2ccc(Cl)cc2Cl)ccnc1C(F)(F)F. The Balaban J connectivity index is 2.02. The van der Waals surface area contributed by atoms with Gasteiger partial charge in [0.25, 0.3) is 0 Å². The van der Waals surface area contributed by atoms with Gasteiger partial charge in [-0.25, -0.2) is 0 Å². The molecule has 3 aromatic rings. The van der Waals surface area contributed by atoms with Crippen molar-refractivity contribution in [2.45, 2.75) is 12.7 Å². The van der Waals surface area contributed by atoms with Gasteiger partial charge in [-0.15, -0.1) is 0 Å². The van der Waals surface area contributed by atoms with E-state index in [2.05, 4.69) is 10.3 Å². The maximum absolute atomic E-state index is 13.5. The molecular formula is C20H13Cl2F3N2O. The molecule has 2 aromatic carbocycles. The molecule has 1 aromatic heterocycles. The van der Waals surface area contributed by atoms with Crippen LogP contribution in [0.3, 0.4) is 0 Å². The number of hydrogen-bond acceptors (Lipinski definition) is 3. The Bertz CT molecular complexity index is 1010. The van der Waals surface area contributed by atoms with Crippen LogP contribution in [0.5, 0.6) is 0 Å². The number of carbonyl (C=O) groups is 1. The van der Waals surface area contributed by atoms with Gasteiger partial charge in [-0.3, -0.25) is 9.78 Å². The molecule has 1 heterocycles. The minimum absolute atomic E-state index is 0.0159. The molecule has 0 saturated heterocycles. The molecule has 8 heteroatoms. The molecule has 0 spiro atoms. The third kappa shape index (κ3) is 4.46. The molecule has 0 unspecified atom stereocenters. The van der Waals surface area contributed by atoms with Crippen LogP contribution in [-0.2, 0) is 12.7 Å². The van der Waals surface area contributed by atoms with E-state index >= 15 is 0 Å². The van der Waals surface area contributed by atoms with E-state index in [-0.39, 0.29) is 17.8 Å². The van der Waals surface area contributed by atoms with Crippen LogP contribution < -0.4 is 5.32 Å². The minimum Gasteiger partial charge on any atom is -0.380 e. The molecule has 144 valence electrons. The lowest BCUT2D eigenvalue weighted by Crippen LogP contribution is -2.18. The number of nitrogens with zero attached hydrogens (tertiary/aromatic N) is 1. The Labute approximate surface area is 169 Å². The van der Waals surface area contributed by atoms with Crippen LogP contribution in [0.4, 0.5) is 18.9 Å². The van der Waals surface area contributed by atoms with Crippen LogP contribution in [-0.4, -0.2) is 10.8 Å². The summed E-state index contributed by atoms with van der Waals surface area (Å²) in [5.41, 5.74) is -1.01. The second-order valence-electron chi connectivity index (χ2n) is 5.86. The van der Waals surface area contributed by atoms with E-state index in [1.165, 1.54) is 24.3 Å². The predicted octanol–water partition coefficient (Wildman–Crippen LogP) is 6.25. The van der Waals surface area contributed by atoms with Gasteiger partial charge in [-0.2, -0.15) is 13.2 Å². The summed E-state index contributed by atoms with van der Waals surface area (Å²) in [6, 6.07) is 13.9. The Morgan fingerprint density at radius 1 is 1.04 bits per heavy atom. The number of nitrogens with one attached hydrogen (secondary N) is 1. The number of rotatable bonds is 5. The fraction of sp³-hybridized carbons (Fsp3) is 0.100. The summed E-state index contributed by atoms with van der Waals surface area (Å²) in [5.74, 6) is -0.772. The normalized spacial score (nSPS) is 11.3. The molecule has 3 rings (SSSR count). The largest absolute Gasteiger partial charge is 0.434 e. The monoisotopic (exact) mass is 424 g/mol. The van der Waals surface area contributed by atoms with Crippen LogP contribution in [0.1, 0.15) is 27.2 Å². The van der Waals surface area contributed by atoms with Crippen molar-refractivity contribution < 1.29 is 18.0 Å². The maximum Gasteiger partial charge on any atom is 0.434 e. The van der Waals surface area contributed by atoms with Crippen LogP contribution in [0, 0.1) is 0 Å². The van der Waals surface area contributed by atoms with E-state index in [9.17, 15) is 18.0 Å². The average molecular weight is 425 g/mol. The van der Waals surface area contributed by atoms with Gasteiger partial charge in [0.15, 0.2) is 11.5 Å². The first-order chi connectivity index (χ1) is 13.3. The third-order valence-corrected chi connectivity index (χ3v) is 4.55. The quantitative estimate of drug-likeness (QED) is 0.492. The average Bonchev–Trinajstić information content (AvgIpc) is 2.66. The zero-order chi connectivity index (χ0) is 20.3. The molecule has 0 fully saturated rings. The summed E-state index contributed by atoms with van der Waals surface area (Å²) in [6.07, 6.45) is -3.77. The van der Waals surface area contributed by atoms with E-state index in [0.29, 0.717) is 15.6 Å². The number of hydrogen-bond donors (Lipinski definition) is 1. The van der Waals surface area contributed by atoms with Crippen LogP contribution in [0.15, 0.2) is 60.8 Å². The highest BCUT2D eigenvalue weighted by atomic mass is 35.5. The Morgan fingerprint density at radius 2 is 1.75 bits per heavy atom. The van der Waals surface area contributed by atoms with Crippen molar-refractivity contribution >= 4 is 34.7 Å². The number of halogens is 5. The number of benzene rings is 2. The summed E-state index contributed by atoms with van der Waals surface area (Å²) >= 11 is 12.0. The number of ketones is 1. The summed E-state index contributed by atoms with van der Waals surface area (Å²) < 4.78 is 40.5. The van der Waals surface area contributed by atoms with Crippen molar-refractivity contribution in [3.8, 4) is 0 Å². The van der Waals surface area contributed by atoms with Crippen molar-refractivity contribution in [2.75, 3.05) is 5.32 Å².